The Morgan fingerprint density at radius 3 is 2.47 bits per heavy atom. The summed E-state index contributed by atoms with van der Waals surface area (Å²) >= 11 is 8.65. The van der Waals surface area contributed by atoms with Gasteiger partial charge in [-0.05, 0) is 28.1 Å². The molecule has 0 aliphatic heterocycles. The third-order valence-corrected chi connectivity index (χ3v) is 4.93. The number of carbonyl (C=O) groups excluding carboxylic acids is 1. The Labute approximate surface area is 125 Å². The van der Waals surface area contributed by atoms with E-state index in [2.05, 4.69) is 15.9 Å². The van der Waals surface area contributed by atoms with E-state index >= 15 is 0 Å². The molecule has 0 unspecified atom stereocenters. The van der Waals surface area contributed by atoms with Crippen molar-refractivity contribution in [3.63, 3.8) is 0 Å². The summed E-state index contributed by atoms with van der Waals surface area (Å²) in [5.74, 6) is -0.878. The molecule has 0 atom stereocenters. The normalized spacial score (nSPS) is 11.7. The average molecular weight is 397 g/mol. The second-order valence-corrected chi connectivity index (χ2v) is 7.04. The van der Waals surface area contributed by atoms with Crippen LogP contribution in [0, 0.1) is 0 Å². The largest absolute Gasteiger partial charge is 0.346 e. The smallest absolute Gasteiger partial charge is 0.262 e. The minimum absolute atomic E-state index is 0.00502. The number of nitrogens with one attached hydrogen (secondary N) is 1. The molecule has 0 spiro atoms. The minimum atomic E-state index is -4.13. The molecule has 10 heteroatoms. The first-order chi connectivity index (χ1) is 8.62. The maximum Gasteiger partial charge on any atom is 0.262 e. The predicted octanol–water partition coefficient (Wildman–Crippen LogP) is 3.02. The first kappa shape index (κ1) is 16.6. The van der Waals surface area contributed by atoms with Crippen LogP contribution >= 0.6 is 38.2 Å². The molecule has 0 heterocycles. The molecule has 0 aromatic heterocycles. The van der Waals surface area contributed by atoms with Crippen molar-refractivity contribution >= 4 is 53.2 Å². The van der Waals surface area contributed by atoms with E-state index in [-0.39, 0.29) is 15.1 Å². The lowest BCUT2D eigenvalue weighted by atomic mass is 10.2. The molecule has 0 saturated carbocycles. The number of amides is 1. The van der Waals surface area contributed by atoms with Gasteiger partial charge in [0, 0.05) is 16.2 Å². The van der Waals surface area contributed by atoms with E-state index in [4.69, 9.17) is 22.3 Å². The predicted molar refractivity (Wildman–Crippen MR) is 70.5 cm³/mol. The van der Waals surface area contributed by atoms with E-state index in [1.165, 1.54) is 0 Å². The number of halogens is 5. The maximum atomic E-state index is 12.0. The second-order valence-electron chi connectivity index (χ2n) is 3.31. The molecular weight excluding hydrogens is 391 g/mol. The summed E-state index contributed by atoms with van der Waals surface area (Å²) in [6.07, 6.45) is -2.72. The highest BCUT2D eigenvalue weighted by molar-refractivity contribution is 9.10. The van der Waals surface area contributed by atoms with Crippen molar-refractivity contribution in [2.45, 2.75) is 11.3 Å². The highest BCUT2D eigenvalue weighted by Crippen LogP contribution is 2.33. The van der Waals surface area contributed by atoms with Gasteiger partial charge in [-0.25, -0.2) is 17.2 Å². The fourth-order valence-corrected chi connectivity index (χ4v) is 3.52. The minimum Gasteiger partial charge on any atom is -0.346 e. The van der Waals surface area contributed by atoms with Gasteiger partial charge in [0.1, 0.15) is 0 Å². The molecule has 1 rings (SSSR count). The van der Waals surface area contributed by atoms with Crippen molar-refractivity contribution in [1.29, 1.82) is 0 Å². The number of alkyl halides is 2. The summed E-state index contributed by atoms with van der Waals surface area (Å²) < 4.78 is 46.5. The molecule has 1 N–H and O–H groups in total. The van der Waals surface area contributed by atoms with Gasteiger partial charge in [-0.1, -0.05) is 11.6 Å². The van der Waals surface area contributed by atoms with Crippen LogP contribution in [-0.4, -0.2) is 27.3 Å². The van der Waals surface area contributed by atoms with Crippen LogP contribution in [0.1, 0.15) is 10.4 Å². The van der Waals surface area contributed by atoms with Crippen LogP contribution in [-0.2, 0) is 9.05 Å². The zero-order chi connectivity index (χ0) is 14.8. The Hall–Kier alpha value is -0.440. The first-order valence-electron chi connectivity index (χ1n) is 4.63. The highest BCUT2D eigenvalue weighted by atomic mass is 79.9. The van der Waals surface area contributed by atoms with Crippen molar-refractivity contribution < 1.29 is 22.0 Å². The van der Waals surface area contributed by atoms with E-state index in [0.717, 1.165) is 12.1 Å². The van der Waals surface area contributed by atoms with Gasteiger partial charge in [0.2, 0.25) is 0 Å². The van der Waals surface area contributed by atoms with Crippen LogP contribution in [0.4, 0.5) is 8.78 Å². The van der Waals surface area contributed by atoms with Crippen molar-refractivity contribution in [3.8, 4) is 0 Å². The highest BCUT2D eigenvalue weighted by Gasteiger charge is 2.20. The summed E-state index contributed by atoms with van der Waals surface area (Å²) in [6, 6.07) is 2.08. The molecule has 1 amide bonds. The summed E-state index contributed by atoms with van der Waals surface area (Å²) in [5, 5.41) is 1.84. The fourth-order valence-electron chi connectivity index (χ4n) is 1.14. The van der Waals surface area contributed by atoms with E-state index in [0.29, 0.717) is 0 Å². The Balaban J connectivity index is 3.18. The van der Waals surface area contributed by atoms with Gasteiger partial charge in [-0.2, -0.15) is 0 Å². The van der Waals surface area contributed by atoms with E-state index in [1.54, 1.807) is 0 Å². The topological polar surface area (TPSA) is 63.2 Å². The van der Waals surface area contributed by atoms with Crippen LogP contribution < -0.4 is 5.32 Å². The monoisotopic (exact) mass is 395 g/mol. The molecule has 1 aromatic rings. The fraction of sp³-hybridized carbons (Fsp3) is 0.222. The standard InChI is InChI=1S/C9H6BrCl2F2NO3S/c10-8-5(11)1-4(2-6(8)19(12,17)18)9(16)15-3-7(13)14/h1-2,7H,3H2,(H,15,16). The second kappa shape index (κ2) is 6.34. The van der Waals surface area contributed by atoms with Crippen LogP contribution in [0.3, 0.4) is 0 Å². The Morgan fingerprint density at radius 1 is 1.42 bits per heavy atom. The molecular formula is C9H6BrCl2F2NO3S. The summed E-state index contributed by atoms with van der Waals surface area (Å²) in [6.45, 7) is -0.852. The maximum absolute atomic E-state index is 12.0. The van der Waals surface area contributed by atoms with Crippen molar-refractivity contribution in [3.05, 3.63) is 27.2 Å². The molecule has 0 aliphatic carbocycles. The van der Waals surface area contributed by atoms with Crippen LogP contribution in [0.25, 0.3) is 0 Å². The van der Waals surface area contributed by atoms with Crippen LogP contribution in [0.15, 0.2) is 21.5 Å². The van der Waals surface area contributed by atoms with Gasteiger partial charge in [-0.3, -0.25) is 4.79 Å². The van der Waals surface area contributed by atoms with Gasteiger partial charge in [0.05, 0.1) is 20.9 Å². The van der Waals surface area contributed by atoms with Crippen LogP contribution in [0.5, 0.6) is 0 Å². The van der Waals surface area contributed by atoms with Gasteiger partial charge in [0.25, 0.3) is 21.4 Å². The molecule has 0 aliphatic rings. The molecule has 106 valence electrons. The van der Waals surface area contributed by atoms with Gasteiger partial charge < -0.3 is 5.32 Å². The summed E-state index contributed by atoms with van der Waals surface area (Å²) in [7, 11) is 1.04. The summed E-state index contributed by atoms with van der Waals surface area (Å²) in [5.41, 5.74) is -0.187. The third kappa shape index (κ3) is 4.55. The van der Waals surface area contributed by atoms with Crippen LogP contribution in [0.2, 0.25) is 5.02 Å². The van der Waals surface area contributed by atoms with Crippen molar-refractivity contribution in [2.24, 2.45) is 0 Å². The lowest BCUT2D eigenvalue weighted by Gasteiger charge is -2.08. The van der Waals surface area contributed by atoms with E-state index in [1.807, 2.05) is 5.32 Å². The summed E-state index contributed by atoms with van der Waals surface area (Å²) in [4.78, 5) is 11.1. The van der Waals surface area contributed by atoms with E-state index < -0.39 is 32.8 Å². The number of rotatable bonds is 4. The molecule has 4 nitrogen and oxygen atoms in total. The van der Waals surface area contributed by atoms with Gasteiger partial charge in [-0.15, -0.1) is 0 Å². The zero-order valence-electron chi connectivity index (χ0n) is 8.96. The first-order valence-corrected chi connectivity index (χ1v) is 8.11. The quantitative estimate of drug-likeness (QED) is 0.795. The SMILES string of the molecule is O=C(NCC(F)F)c1cc(Cl)c(Br)c(S(=O)(=O)Cl)c1. The van der Waals surface area contributed by atoms with Crippen molar-refractivity contribution in [1.82, 2.24) is 5.32 Å². The molecule has 0 radical (unpaired) electrons. The number of hydrogen-bond acceptors (Lipinski definition) is 3. The van der Waals surface area contributed by atoms with Crippen molar-refractivity contribution in [2.75, 3.05) is 6.54 Å². The molecule has 19 heavy (non-hydrogen) atoms. The number of carbonyl (C=O) groups is 1. The lowest BCUT2D eigenvalue weighted by Crippen LogP contribution is -2.28. The zero-order valence-corrected chi connectivity index (χ0v) is 12.9. The number of hydrogen-bond donors (Lipinski definition) is 1. The Morgan fingerprint density at radius 2 is 2.00 bits per heavy atom. The lowest BCUT2D eigenvalue weighted by molar-refractivity contribution is 0.0891. The average Bonchev–Trinajstić information content (AvgIpc) is 2.27. The Kier molecular flexibility index (Phi) is 5.54. The third-order valence-electron chi connectivity index (χ3n) is 1.94. The molecule has 0 saturated heterocycles. The number of benzene rings is 1. The molecule has 0 bridgehead atoms. The molecule has 0 fully saturated rings. The van der Waals surface area contributed by atoms with E-state index in [9.17, 15) is 22.0 Å². The Bertz CT molecular complexity index is 610. The van der Waals surface area contributed by atoms with Gasteiger partial charge in [0.15, 0.2) is 0 Å². The molecule has 1 aromatic carbocycles. The van der Waals surface area contributed by atoms with Gasteiger partial charge >= 0.3 is 0 Å².